The first-order valence-electron chi connectivity index (χ1n) is 1.33. The molecule has 0 aliphatic heterocycles. The maximum atomic E-state index is 8.59. The van der Waals surface area contributed by atoms with Gasteiger partial charge in [-0.1, -0.05) is 0 Å². The summed E-state index contributed by atoms with van der Waals surface area (Å²) in [4.78, 5) is 0. The molecule has 0 heterocycles. The zero-order chi connectivity index (χ0) is 9.00. The molecule has 0 amide bonds. The molecule has 0 aliphatic rings. The van der Waals surface area contributed by atoms with Crippen LogP contribution in [0.15, 0.2) is 0 Å². The fourth-order valence-electron chi connectivity index (χ4n) is 0. The average Bonchev–Trinajstić information content (AvgIpc) is 1.12. The summed E-state index contributed by atoms with van der Waals surface area (Å²) >= 11 is -11.5. The van der Waals surface area contributed by atoms with Crippen LogP contribution < -0.4 is 16.6 Å². The zero-order valence-electron chi connectivity index (χ0n) is 4.58. The molecule has 0 N–H and O–H groups in total. The van der Waals surface area contributed by atoms with Gasteiger partial charge in [0, 0.05) is 27.3 Å². The first-order valence-corrected chi connectivity index (χ1v) is 5.50. The van der Waals surface area contributed by atoms with Crippen LogP contribution in [-0.2, 0) is 42.4 Å². The average molecular weight is 439 g/mol. The predicted molar refractivity (Wildman–Crippen MR) is 8.50 cm³/mol. The Morgan fingerprint density at radius 3 is 0.636 bits per heavy atom. The third kappa shape index (κ3) is 852. The van der Waals surface area contributed by atoms with E-state index in [2.05, 4.69) is 0 Å². The number of hydrogen-bond acceptors (Lipinski definition) is 8. The van der Waals surface area contributed by atoms with Crippen molar-refractivity contribution in [3.63, 3.8) is 0 Å². The summed E-state index contributed by atoms with van der Waals surface area (Å²) in [5.41, 5.74) is 0. The number of hydrogen-bond donors (Lipinski definition) is 0. The van der Waals surface area contributed by atoms with Crippen molar-refractivity contribution in [2.24, 2.45) is 0 Å². The van der Waals surface area contributed by atoms with E-state index in [1.54, 1.807) is 0 Å². The van der Waals surface area contributed by atoms with Gasteiger partial charge in [0.1, 0.15) is 0 Å². The molecule has 11 heavy (non-hydrogen) atoms. The second-order valence-corrected chi connectivity index (χ2v) is 3.37. The maximum Gasteiger partial charge on any atom is 0 e. The summed E-state index contributed by atoms with van der Waals surface area (Å²) < 4.78 is 68.8. The van der Waals surface area contributed by atoms with Crippen molar-refractivity contribution in [3.8, 4) is 0 Å². The Bertz CT molecular complexity index is 208. The van der Waals surface area contributed by atoms with E-state index >= 15 is 0 Å². The summed E-state index contributed by atoms with van der Waals surface area (Å²) in [5.74, 6) is 0. The second kappa shape index (κ2) is 6.53. The van der Waals surface area contributed by atoms with Crippen molar-refractivity contribution in [1.29, 1.82) is 0 Å². The Labute approximate surface area is 85.8 Å². The molecule has 0 rings (SSSR count). The van der Waals surface area contributed by atoms with Crippen LogP contribution in [0, 0.1) is 0 Å². The molecule has 0 aromatic carbocycles. The van der Waals surface area contributed by atoms with Crippen molar-refractivity contribution < 1.29 is 59.1 Å². The van der Waals surface area contributed by atoms with Crippen LogP contribution in [0.3, 0.4) is 0 Å². The van der Waals surface area contributed by atoms with Gasteiger partial charge in [-0.3, -0.25) is 0 Å². The topological polar surface area (TPSA) is 161 Å². The van der Waals surface area contributed by atoms with Gasteiger partial charge in [0.2, 0.25) is 0 Å². The monoisotopic (exact) mass is 440 g/mol. The quantitative estimate of drug-likeness (QED) is 0.338. The zero-order valence-corrected chi connectivity index (χ0v) is 11.0. The third-order valence-electron chi connectivity index (χ3n) is 0. The van der Waals surface area contributed by atoms with Gasteiger partial charge in [0.15, 0.2) is 0 Å². The van der Waals surface area contributed by atoms with Crippen molar-refractivity contribution in [2.45, 2.75) is 0 Å². The first kappa shape index (κ1) is 17.9. The first-order chi connectivity index (χ1) is 4.00. The predicted octanol–water partition coefficient (Wildman–Crippen LogP) is -5.62. The van der Waals surface area contributed by atoms with Crippen molar-refractivity contribution in [3.05, 3.63) is 0 Å². The molecule has 0 aromatic rings. The van der Waals surface area contributed by atoms with Gasteiger partial charge in [-0.2, -0.15) is 0 Å². The molecule has 0 atom stereocenters. The van der Waals surface area contributed by atoms with E-state index in [-0.39, 0.29) is 27.3 Å². The van der Waals surface area contributed by atoms with Gasteiger partial charge in [-0.05, 0) is 0 Å². The van der Waals surface area contributed by atoms with Gasteiger partial charge in [-0.25, -0.2) is 0 Å². The normalized spacial score (nSPS) is 10.5. The van der Waals surface area contributed by atoms with Crippen LogP contribution in [0.5, 0.6) is 0 Å². The van der Waals surface area contributed by atoms with Gasteiger partial charge in [-0.15, -0.1) is 0 Å². The van der Waals surface area contributed by atoms with Gasteiger partial charge in [0.25, 0.3) is 0 Å². The molecule has 0 aromatic heterocycles. The van der Waals surface area contributed by atoms with Crippen LogP contribution in [0.25, 0.3) is 0 Å². The molecular formula is Cr2O8Pb-4. The standard InChI is InChI=1S/2Cr.8O.Pb/q;;;;;;4*-1;. The minimum atomic E-state index is -5.75. The third-order valence-corrected chi connectivity index (χ3v) is 0. The van der Waals surface area contributed by atoms with Crippen LogP contribution in [0.1, 0.15) is 0 Å². The van der Waals surface area contributed by atoms with E-state index in [0.29, 0.717) is 0 Å². The Kier molecular flexibility index (Phi) is 10.7. The molecule has 0 aliphatic carbocycles. The van der Waals surface area contributed by atoms with Gasteiger partial charge < -0.3 is 0 Å². The minimum absolute atomic E-state index is 0. The summed E-state index contributed by atoms with van der Waals surface area (Å²) in [6, 6.07) is 0. The largest absolute Gasteiger partial charge is 0 e. The Hall–Kier alpha value is 1.03. The van der Waals surface area contributed by atoms with Crippen molar-refractivity contribution >= 4 is 27.3 Å². The Balaban J connectivity index is -0.000000107. The van der Waals surface area contributed by atoms with Gasteiger partial charge in [0.05, 0.1) is 0 Å². The van der Waals surface area contributed by atoms with Crippen LogP contribution >= 0.6 is 0 Å². The molecule has 4 radical (unpaired) electrons. The number of rotatable bonds is 0. The summed E-state index contributed by atoms with van der Waals surface area (Å²) in [6.45, 7) is 0. The van der Waals surface area contributed by atoms with E-state index in [4.69, 9.17) is 31.8 Å². The molecule has 0 fully saturated rings. The fraction of sp³-hybridized carbons (Fsp3) is 0. The molecular weight excluding hydrogens is 439 g/mol. The SMILES string of the molecule is [O]=[Cr](=[O])([O-])[O-].[O]=[Cr](=[O])([O-])[O-].[Pb]. The van der Waals surface area contributed by atoms with Crippen molar-refractivity contribution in [1.82, 2.24) is 0 Å². The van der Waals surface area contributed by atoms with E-state index < -0.39 is 27.2 Å². The Morgan fingerprint density at radius 1 is 0.636 bits per heavy atom. The van der Waals surface area contributed by atoms with E-state index in [1.807, 2.05) is 0 Å². The molecule has 0 saturated heterocycles. The smallest absolute Gasteiger partial charge is 0 e. The van der Waals surface area contributed by atoms with Crippen LogP contribution in [0.4, 0.5) is 0 Å². The molecule has 0 spiro atoms. The van der Waals surface area contributed by atoms with E-state index in [9.17, 15) is 0 Å². The molecule has 0 unspecified atom stereocenters. The molecule has 68 valence electrons. The summed E-state index contributed by atoms with van der Waals surface area (Å²) in [7, 11) is 0. The molecule has 11 heteroatoms. The van der Waals surface area contributed by atoms with Crippen LogP contribution in [0.2, 0.25) is 0 Å². The summed E-state index contributed by atoms with van der Waals surface area (Å²) in [6.07, 6.45) is 0. The molecule has 8 nitrogen and oxygen atoms in total. The molecule has 0 bridgehead atoms. The van der Waals surface area contributed by atoms with E-state index in [1.165, 1.54) is 0 Å². The second-order valence-electron chi connectivity index (χ2n) is 0.816. The molecule has 0 saturated carbocycles. The minimum Gasteiger partial charge on any atom is 0 e. The fourth-order valence-corrected chi connectivity index (χ4v) is 0. The van der Waals surface area contributed by atoms with Crippen molar-refractivity contribution in [2.75, 3.05) is 0 Å². The summed E-state index contributed by atoms with van der Waals surface area (Å²) in [5, 5.41) is 0. The van der Waals surface area contributed by atoms with Gasteiger partial charge >= 0.3 is 59.1 Å². The van der Waals surface area contributed by atoms with Crippen LogP contribution in [-0.4, -0.2) is 27.3 Å². The maximum absolute atomic E-state index is 8.59. The Morgan fingerprint density at radius 2 is 0.636 bits per heavy atom. The van der Waals surface area contributed by atoms with E-state index in [0.717, 1.165) is 0 Å².